The Hall–Kier alpha value is -2.64. The number of aryl methyl sites for hydroxylation is 1. The van der Waals surface area contributed by atoms with Crippen molar-refractivity contribution >= 4 is 11.6 Å². The Bertz CT molecular complexity index is 811. The fourth-order valence-electron chi connectivity index (χ4n) is 2.86. The van der Waals surface area contributed by atoms with E-state index in [1.807, 2.05) is 13.8 Å². The summed E-state index contributed by atoms with van der Waals surface area (Å²) in [6, 6.07) is 3.28. The third-order valence-electron chi connectivity index (χ3n) is 4.49. The van der Waals surface area contributed by atoms with Crippen LogP contribution in [0.4, 0.5) is 5.69 Å². The van der Waals surface area contributed by atoms with Gasteiger partial charge in [0.15, 0.2) is 5.69 Å². The molecule has 1 fully saturated rings. The molecule has 25 heavy (non-hydrogen) atoms. The molecular formula is C17H23N5O3. The number of hydrogen-bond acceptors (Lipinski definition) is 6. The quantitative estimate of drug-likeness (QED) is 0.874. The first-order valence-electron chi connectivity index (χ1n) is 8.47. The fourth-order valence-corrected chi connectivity index (χ4v) is 2.86. The Morgan fingerprint density at radius 2 is 2.24 bits per heavy atom. The average molecular weight is 345 g/mol. The monoisotopic (exact) mass is 345 g/mol. The second kappa shape index (κ2) is 7.08. The normalized spacial score (nSPS) is 17.3. The van der Waals surface area contributed by atoms with Gasteiger partial charge in [0.1, 0.15) is 5.76 Å². The maximum absolute atomic E-state index is 12.2. The van der Waals surface area contributed by atoms with Crippen molar-refractivity contribution in [1.29, 1.82) is 0 Å². The molecule has 3 rings (SSSR count). The number of nitrogens with one attached hydrogen (secondary N) is 1. The highest BCUT2D eigenvalue weighted by atomic mass is 16.5. The Kier molecular flexibility index (Phi) is 4.87. The molecule has 0 aromatic carbocycles. The lowest BCUT2D eigenvalue weighted by molar-refractivity contribution is 0.0939. The number of amides is 1. The predicted octanol–water partition coefficient (Wildman–Crippen LogP) is 1.15. The second-order valence-corrected chi connectivity index (χ2v) is 6.76. The van der Waals surface area contributed by atoms with Crippen molar-refractivity contribution in [3.63, 3.8) is 0 Å². The zero-order chi connectivity index (χ0) is 18.0. The standard InChI is InChI=1S/C17H23N5O3/c1-11(2)15-7-14(20-25-15)17(24)18-8-12-4-5-22(10-12)13-6-16(23)21(3)19-9-13/h6-7,9,11-12H,4-5,8,10H2,1-3H3,(H,18,24)/t12-/m0/s1. The van der Waals surface area contributed by atoms with E-state index in [4.69, 9.17) is 4.52 Å². The van der Waals surface area contributed by atoms with E-state index in [2.05, 4.69) is 20.5 Å². The van der Waals surface area contributed by atoms with Gasteiger partial charge >= 0.3 is 0 Å². The Morgan fingerprint density at radius 3 is 2.92 bits per heavy atom. The SMILES string of the molecule is CC(C)c1cc(C(=O)NC[C@@H]2CCN(c3cnn(C)c(=O)c3)C2)no1. The number of rotatable bonds is 5. The minimum atomic E-state index is -0.218. The first kappa shape index (κ1) is 17.2. The maximum Gasteiger partial charge on any atom is 0.273 e. The van der Waals surface area contributed by atoms with E-state index in [0.717, 1.165) is 25.2 Å². The zero-order valence-electron chi connectivity index (χ0n) is 14.7. The Balaban J connectivity index is 1.53. The van der Waals surface area contributed by atoms with Crippen LogP contribution in [0.1, 0.15) is 42.4 Å². The van der Waals surface area contributed by atoms with Gasteiger partial charge < -0.3 is 14.7 Å². The van der Waals surface area contributed by atoms with Crippen molar-refractivity contribution in [2.24, 2.45) is 13.0 Å². The van der Waals surface area contributed by atoms with Gasteiger partial charge in [-0.05, 0) is 12.3 Å². The molecule has 134 valence electrons. The van der Waals surface area contributed by atoms with Crippen LogP contribution >= 0.6 is 0 Å². The molecule has 0 aliphatic carbocycles. The first-order chi connectivity index (χ1) is 11.9. The summed E-state index contributed by atoms with van der Waals surface area (Å²) in [5.41, 5.74) is 1.02. The summed E-state index contributed by atoms with van der Waals surface area (Å²) in [6.07, 6.45) is 2.65. The van der Waals surface area contributed by atoms with Crippen molar-refractivity contribution in [1.82, 2.24) is 20.3 Å². The number of nitrogens with zero attached hydrogens (tertiary/aromatic N) is 4. The first-order valence-corrected chi connectivity index (χ1v) is 8.47. The lowest BCUT2D eigenvalue weighted by Gasteiger charge is -2.18. The molecule has 1 atom stereocenters. The summed E-state index contributed by atoms with van der Waals surface area (Å²) in [4.78, 5) is 26.0. The molecule has 0 spiro atoms. The van der Waals surface area contributed by atoms with E-state index in [9.17, 15) is 9.59 Å². The smallest absolute Gasteiger partial charge is 0.273 e. The summed E-state index contributed by atoms with van der Waals surface area (Å²) in [7, 11) is 1.63. The minimum absolute atomic E-state index is 0.124. The van der Waals surface area contributed by atoms with Crippen LogP contribution in [0.3, 0.4) is 0 Å². The number of carbonyl (C=O) groups excluding carboxylic acids is 1. The van der Waals surface area contributed by atoms with Crippen LogP contribution in [0.15, 0.2) is 27.6 Å². The van der Waals surface area contributed by atoms with Crippen LogP contribution in [-0.4, -0.2) is 40.5 Å². The van der Waals surface area contributed by atoms with Gasteiger partial charge in [-0.1, -0.05) is 19.0 Å². The van der Waals surface area contributed by atoms with Gasteiger partial charge in [0, 0.05) is 44.7 Å². The predicted molar refractivity (Wildman–Crippen MR) is 92.7 cm³/mol. The number of carbonyl (C=O) groups is 1. The molecule has 8 nitrogen and oxygen atoms in total. The van der Waals surface area contributed by atoms with Crippen molar-refractivity contribution in [3.8, 4) is 0 Å². The topological polar surface area (TPSA) is 93.3 Å². The van der Waals surface area contributed by atoms with Gasteiger partial charge in [-0.25, -0.2) is 4.68 Å². The highest BCUT2D eigenvalue weighted by Gasteiger charge is 2.24. The van der Waals surface area contributed by atoms with E-state index in [0.29, 0.717) is 23.9 Å². The van der Waals surface area contributed by atoms with Crippen LogP contribution in [0, 0.1) is 5.92 Å². The summed E-state index contributed by atoms with van der Waals surface area (Å²) >= 11 is 0. The van der Waals surface area contributed by atoms with Crippen molar-refractivity contribution < 1.29 is 9.32 Å². The van der Waals surface area contributed by atoms with Crippen molar-refractivity contribution in [3.05, 3.63) is 40.1 Å². The highest BCUT2D eigenvalue weighted by molar-refractivity contribution is 5.92. The number of anilines is 1. The molecule has 0 saturated carbocycles. The second-order valence-electron chi connectivity index (χ2n) is 6.76. The fraction of sp³-hybridized carbons (Fsp3) is 0.529. The van der Waals surface area contributed by atoms with E-state index < -0.39 is 0 Å². The molecule has 8 heteroatoms. The lowest BCUT2D eigenvalue weighted by Crippen LogP contribution is -2.31. The van der Waals surface area contributed by atoms with E-state index in [1.165, 1.54) is 4.68 Å². The van der Waals surface area contributed by atoms with Gasteiger partial charge in [0.25, 0.3) is 11.5 Å². The Morgan fingerprint density at radius 1 is 1.44 bits per heavy atom. The zero-order valence-corrected chi connectivity index (χ0v) is 14.7. The third kappa shape index (κ3) is 3.89. The molecule has 0 bridgehead atoms. The van der Waals surface area contributed by atoms with E-state index in [-0.39, 0.29) is 17.4 Å². The van der Waals surface area contributed by atoms with Gasteiger partial charge in [-0.15, -0.1) is 0 Å². The molecule has 2 aromatic rings. The van der Waals surface area contributed by atoms with Crippen LogP contribution in [-0.2, 0) is 7.05 Å². The molecule has 1 aliphatic rings. The average Bonchev–Trinajstić information content (AvgIpc) is 3.24. The van der Waals surface area contributed by atoms with Gasteiger partial charge in [-0.3, -0.25) is 9.59 Å². The van der Waals surface area contributed by atoms with Crippen LogP contribution in [0.25, 0.3) is 0 Å². The summed E-state index contributed by atoms with van der Waals surface area (Å²) in [5, 5.41) is 10.8. The van der Waals surface area contributed by atoms with Crippen molar-refractivity contribution in [2.75, 3.05) is 24.5 Å². The molecule has 1 N–H and O–H groups in total. The molecule has 1 amide bonds. The van der Waals surface area contributed by atoms with E-state index in [1.54, 1.807) is 25.4 Å². The van der Waals surface area contributed by atoms with Crippen LogP contribution in [0.2, 0.25) is 0 Å². The molecular weight excluding hydrogens is 322 g/mol. The highest BCUT2D eigenvalue weighted by Crippen LogP contribution is 2.21. The van der Waals surface area contributed by atoms with Crippen LogP contribution < -0.4 is 15.8 Å². The van der Waals surface area contributed by atoms with Gasteiger partial charge in [-0.2, -0.15) is 5.10 Å². The largest absolute Gasteiger partial charge is 0.370 e. The third-order valence-corrected chi connectivity index (χ3v) is 4.49. The molecule has 0 radical (unpaired) electrons. The minimum Gasteiger partial charge on any atom is -0.370 e. The summed E-state index contributed by atoms with van der Waals surface area (Å²) < 4.78 is 6.46. The van der Waals surface area contributed by atoms with Crippen molar-refractivity contribution in [2.45, 2.75) is 26.2 Å². The Labute approximate surface area is 145 Å². The lowest BCUT2D eigenvalue weighted by atomic mass is 10.1. The molecule has 1 aliphatic heterocycles. The van der Waals surface area contributed by atoms with Gasteiger partial charge in [0.2, 0.25) is 0 Å². The molecule has 2 aromatic heterocycles. The number of hydrogen-bond donors (Lipinski definition) is 1. The van der Waals surface area contributed by atoms with E-state index >= 15 is 0 Å². The molecule has 0 unspecified atom stereocenters. The summed E-state index contributed by atoms with van der Waals surface area (Å²) in [6.45, 7) is 6.17. The maximum atomic E-state index is 12.2. The van der Waals surface area contributed by atoms with Gasteiger partial charge in [0.05, 0.1) is 11.9 Å². The molecule has 3 heterocycles. The molecule has 1 saturated heterocycles. The summed E-state index contributed by atoms with van der Waals surface area (Å²) in [5.74, 6) is 1.01. The number of aromatic nitrogens is 3. The van der Waals surface area contributed by atoms with Crippen LogP contribution in [0.5, 0.6) is 0 Å².